The van der Waals surface area contributed by atoms with Gasteiger partial charge in [0, 0.05) is 17.3 Å². The molecule has 1 aromatic heterocycles. The molecule has 0 saturated carbocycles. The fraction of sp³-hybridized carbons (Fsp3) is 0.316. The van der Waals surface area contributed by atoms with Crippen LogP contribution in [0.5, 0.6) is 0 Å². The van der Waals surface area contributed by atoms with Crippen LogP contribution in [0.3, 0.4) is 0 Å². The second kappa shape index (κ2) is 10.0. The topological polar surface area (TPSA) is 183 Å². The van der Waals surface area contributed by atoms with Crippen LogP contribution in [0.25, 0.3) is 10.9 Å². The number of nitrogens with one attached hydrogen (secondary N) is 4. The van der Waals surface area contributed by atoms with Crippen LogP contribution in [-0.4, -0.2) is 58.3 Å². The average molecular weight is 417 g/mol. The number of H-pyrrole nitrogens is 1. The monoisotopic (exact) mass is 417 g/mol. The summed E-state index contributed by atoms with van der Waals surface area (Å²) in [5.74, 6) is -3.83. The Hall–Kier alpha value is -3.89. The first-order chi connectivity index (χ1) is 14.2. The highest BCUT2D eigenvalue weighted by Gasteiger charge is 2.23. The van der Waals surface area contributed by atoms with Crippen LogP contribution in [0.1, 0.15) is 30.3 Å². The molecular formula is C19H23N5O6. The fourth-order valence-electron chi connectivity index (χ4n) is 2.66. The molecule has 30 heavy (non-hydrogen) atoms. The smallest absolute Gasteiger partial charge is 0.303 e. The number of carbonyl (C=O) groups is 5. The molecule has 2 rings (SSSR count). The van der Waals surface area contributed by atoms with Crippen LogP contribution in [0.15, 0.2) is 30.3 Å². The largest absolute Gasteiger partial charge is 0.481 e. The van der Waals surface area contributed by atoms with E-state index in [1.165, 1.54) is 6.92 Å². The molecule has 0 unspecified atom stereocenters. The van der Waals surface area contributed by atoms with Gasteiger partial charge in [-0.2, -0.15) is 0 Å². The highest BCUT2D eigenvalue weighted by atomic mass is 16.4. The summed E-state index contributed by atoms with van der Waals surface area (Å²) in [6.45, 7) is 1.01. The molecule has 11 heteroatoms. The number of nitrogens with two attached hydrogens (primary N) is 1. The third-order valence-electron chi connectivity index (χ3n) is 4.26. The van der Waals surface area contributed by atoms with Gasteiger partial charge in [0.05, 0.1) is 6.54 Å². The van der Waals surface area contributed by atoms with Gasteiger partial charge in [0.15, 0.2) is 0 Å². The summed E-state index contributed by atoms with van der Waals surface area (Å²) in [6.07, 6.45) is -0.522. The molecule has 1 aromatic carbocycles. The van der Waals surface area contributed by atoms with E-state index in [4.69, 9.17) is 10.8 Å². The van der Waals surface area contributed by atoms with E-state index in [0.717, 1.165) is 10.9 Å². The third kappa shape index (κ3) is 6.33. The van der Waals surface area contributed by atoms with E-state index in [1.807, 2.05) is 24.3 Å². The van der Waals surface area contributed by atoms with Gasteiger partial charge < -0.3 is 31.8 Å². The summed E-state index contributed by atoms with van der Waals surface area (Å²) in [5, 5.41) is 16.6. The molecular weight excluding hydrogens is 394 g/mol. The molecule has 2 atom stereocenters. The van der Waals surface area contributed by atoms with Crippen molar-refractivity contribution in [2.75, 3.05) is 6.54 Å². The number of amides is 4. The third-order valence-corrected chi connectivity index (χ3v) is 4.26. The van der Waals surface area contributed by atoms with E-state index in [0.29, 0.717) is 0 Å². The lowest BCUT2D eigenvalue weighted by Gasteiger charge is -2.19. The van der Waals surface area contributed by atoms with Crippen LogP contribution >= 0.6 is 0 Å². The molecule has 0 spiro atoms. The molecule has 0 bridgehead atoms. The maximum atomic E-state index is 12.2. The van der Waals surface area contributed by atoms with Gasteiger partial charge in [-0.3, -0.25) is 24.0 Å². The van der Waals surface area contributed by atoms with Crippen molar-refractivity contribution in [1.82, 2.24) is 20.9 Å². The summed E-state index contributed by atoms with van der Waals surface area (Å²) >= 11 is 0. The lowest BCUT2D eigenvalue weighted by Crippen LogP contribution is -2.53. The Morgan fingerprint density at radius 1 is 1.13 bits per heavy atom. The Morgan fingerprint density at radius 2 is 1.83 bits per heavy atom. The number of carboxylic acid groups (broad SMARTS) is 1. The molecule has 1 heterocycles. The Balaban J connectivity index is 1.82. The number of carboxylic acids is 1. The lowest BCUT2D eigenvalue weighted by atomic mass is 10.1. The molecule has 0 aliphatic heterocycles. The first kappa shape index (κ1) is 22.4. The summed E-state index contributed by atoms with van der Waals surface area (Å²) in [6, 6.07) is 6.76. The number of carbonyl (C=O) groups excluding carboxylic acids is 4. The maximum absolute atomic E-state index is 12.2. The fourth-order valence-corrected chi connectivity index (χ4v) is 2.66. The normalized spacial score (nSPS) is 12.6. The van der Waals surface area contributed by atoms with E-state index >= 15 is 0 Å². The van der Waals surface area contributed by atoms with E-state index in [9.17, 15) is 24.0 Å². The predicted molar refractivity (Wildman–Crippen MR) is 106 cm³/mol. The van der Waals surface area contributed by atoms with Crippen molar-refractivity contribution in [2.24, 2.45) is 5.73 Å². The molecule has 0 aliphatic carbocycles. The van der Waals surface area contributed by atoms with Crippen molar-refractivity contribution in [3.8, 4) is 0 Å². The zero-order valence-corrected chi connectivity index (χ0v) is 16.2. The van der Waals surface area contributed by atoms with Crippen molar-refractivity contribution in [2.45, 2.75) is 31.8 Å². The van der Waals surface area contributed by atoms with Crippen molar-refractivity contribution in [1.29, 1.82) is 0 Å². The van der Waals surface area contributed by atoms with Gasteiger partial charge in [-0.1, -0.05) is 18.2 Å². The van der Waals surface area contributed by atoms with Crippen LogP contribution in [0.2, 0.25) is 0 Å². The molecule has 160 valence electrons. The van der Waals surface area contributed by atoms with Gasteiger partial charge in [0.25, 0.3) is 5.91 Å². The molecule has 0 aliphatic rings. The summed E-state index contributed by atoms with van der Waals surface area (Å²) in [7, 11) is 0. The van der Waals surface area contributed by atoms with Gasteiger partial charge in [0.1, 0.15) is 17.8 Å². The standard InChI is InChI=1S/C19H23N5O6/c1-10(18(29)24-13(17(20)28)6-7-16(26)27)22-15(25)9-21-19(30)14-8-11-4-2-3-5-12(11)23-14/h2-5,8,10,13,23H,6-7,9H2,1H3,(H2,20,28)(H,21,30)(H,22,25)(H,24,29)(H,26,27)/t10-,13+/m0/s1. The molecule has 0 fully saturated rings. The summed E-state index contributed by atoms with van der Waals surface area (Å²) < 4.78 is 0. The van der Waals surface area contributed by atoms with Gasteiger partial charge in [-0.25, -0.2) is 0 Å². The number of aromatic amines is 1. The van der Waals surface area contributed by atoms with Crippen molar-refractivity contribution < 1.29 is 29.1 Å². The number of primary amides is 1. The average Bonchev–Trinajstić information content (AvgIpc) is 3.13. The van der Waals surface area contributed by atoms with Crippen molar-refractivity contribution in [3.05, 3.63) is 36.0 Å². The van der Waals surface area contributed by atoms with E-state index in [2.05, 4.69) is 20.9 Å². The van der Waals surface area contributed by atoms with Crippen LogP contribution in [0, 0.1) is 0 Å². The minimum atomic E-state index is -1.17. The number of rotatable bonds is 10. The van der Waals surface area contributed by atoms with Crippen LogP contribution < -0.4 is 21.7 Å². The van der Waals surface area contributed by atoms with E-state index in [-0.39, 0.29) is 25.1 Å². The maximum Gasteiger partial charge on any atom is 0.303 e. The minimum absolute atomic E-state index is 0.169. The second-order valence-electron chi connectivity index (χ2n) is 6.64. The van der Waals surface area contributed by atoms with E-state index in [1.54, 1.807) is 6.07 Å². The Morgan fingerprint density at radius 3 is 2.47 bits per heavy atom. The SMILES string of the molecule is C[C@H](NC(=O)CNC(=O)c1cc2ccccc2[nH]1)C(=O)N[C@H](CCC(=O)O)C(N)=O. The number of benzene rings is 1. The Labute approximate surface area is 171 Å². The highest BCUT2D eigenvalue weighted by molar-refractivity contribution is 6.00. The van der Waals surface area contributed by atoms with E-state index < -0.39 is 41.7 Å². The Kier molecular flexibility index (Phi) is 7.50. The van der Waals surface area contributed by atoms with Crippen molar-refractivity contribution >= 4 is 40.5 Å². The molecule has 0 radical (unpaired) electrons. The predicted octanol–water partition coefficient (Wildman–Crippen LogP) is -0.763. The summed E-state index contributed by atoms with van der Waals surface area (Å²) in [4.78, 5) is 61.2. The Bertz CT molecular complexity index is 936. The molecule has 0 saturated heterocycles. The van der Waals surface area contributed by atoms with Crippen LogP contribution in [0.4, 0.5) is 0 Å². The first-order valence-electron chi connectivity index (χ1n) is 9.14. The number of hydrogen-bond donors (Lipinski definition) is 6. The first-order valence-corrected chi connectivity index (χ1v) is 9.14. The van der Waals surface area contributed by atoms with Crippen LogP contribution in [-0.2, 0) is 19.2 Å². The number of fused-ring (bicyclic) bond motifs is 1. The zero-order chi connectivity index (χ0) is 22.3. The second-order valence-corrected chi connectivity index (χ2v) is 6.64. The molecule has 2 aromatic rings. The van der Waals surface area contributed by atoms with Crippen molar-refractivity contribution in [3.63, 3.8) is 0 Å². The quantitative estimate of drug-likeness (QED) is 0.295. The lowest BCUT2D eigenvalue weighted by molar-refractivity contribution is -0.137. The van der Waals surface area contributed by atoms with Gasteiger partial charge in [-0.05, 0) is 25.5 Å². The zero-order valence-electron chi connectivity index (χ0n) is 16.2. The number of aromatic nitrogens is 1. The van der Waals surface area contributed by atoms with Gasteiger partial charge in [0.2, 0.25) is 17.7 Å². The molecule has 11 nitrogen and oxygen atoms in total. The van der Waals surface area contributed by atoms with Gasteiger partial charge in [-0.15, -0.1) is 0 Å². The summed E-state index contributed by atoms with van der Waals surface area (Å²) in [5.41, 5.74) is 6.22. The molecule has 7 N–H and O–H groups in total. The molecule has 4 amide bonds. The highest BCUT2D eigenvalue weighted by Crippen LogP contribution is 2.14. The minimum Gasteiger partial charge on any atom is -0.481 e. The number of hydrogen-bond acceptors (Lipinski definition) is 5. The number of aliphatic carboxylic acids is 1. The number of para-hydroxylation sites is 1. The van der Waals surface area contributed by atoms with Gasteiger partial charge >= 0.3 is 5.97 Å².